The molecule has 1 aromatic carbocycles. The van der Waals surface area contributed by atoms with Crippen molar-refractivity contribution >= 4 is 0 Å². The van der Waals surface area contributed by atoms with Gasteiger partial charge in [-0.3, -0.25) is 0 Å². The Morgan fingerprint density at radius 1 is 1.16 bits per heavy atom. The lowest BCUT2D eigenvalue weighted by Crippen LogP contribution is -2.26. The third kappa shape index (κ3) is 5.52. The van der Waals surface area contributed by atoms with Crippen molar-refractivity contribution in [3.63, 3.8) is 0 Å². The van der Waals surface area contributed by atoms with Gasteiger partial charge in [-0.05, 0) is 43.9 Å². The molecular formula is C16H27NO2. The summed E-state index contributed by atoms with van der Waals surface area (Å²) in [5, 5.41) is 3.54. The van der Waals surface area contributed by atoms with Crippen LogP contribution >= 0.6 is 0 Å². The molecule has 1 atom stereocenters. The summed E-state index contributed by atoms with van der Waals surface area (Å²) in [5.74, 6) is 2.33. The number of nitrogens with one attached hydrogen (secondary N) is 1. The van der Waals surface area contributed by atoms with Crippen LogP contribution in [0.4, 0.5) is 0 Å². The lowest BCUT2D eigenvalue weighted by Gasteiger charge is -2.17. The van der Waals surface area contributed by atoms with Crippen LogP contribution in [0, 0.1) is 5.92 Å². The van der Waals surface area contributed by atoms with Crippen LogP contribution in [0.25, 0.3) is 0 Å². The van der Waals surface area contributed by atoms with Crippen LogP contribution < -0.4 is 14.8 Å². The van der Waals surface area contributed by atoms with Gasteiger partial charge in [0.2, 0.25) is 0 Å². The summed E-state index contributed by atoms with van der Waals surface area (Å²) >= 11 is 0. The zero-order valence-corrected chi connectivity index (χ0v) is 12.8. The van der Waals surface area contributed by atoms with E-state index in [1.54, 1.807) is 7.11 Å². The predicted octanol–water partition coefficient (Wildman–Crippen LogP) is 3.62. The van der Waals surface area contributed by atoms with Gasteiger partial charge < -0.3 is 14.8 Å². The first-order chi connectivity index (χ1) is 9.06. The molecule has 3 nitrogen and oxygen atoms in total. The number of benzene rings is 1. The van der Waals surface area contributed by atoms with Gasteiger partial charge in [0.15, 0.2) is 11.5 Å². The molecule has 0 aliphatic carbocycles. The first-order valence-corrected chi connectivity index (χ1v) is 7.09. The largest absolute Gasteiger partial charge is 0.493 e. The zero-order chi connectivity index (χ0) is 14.3. The van der Waals surface area contributed by atoms with Crippen molar-refractivity contribution in [1.29, 1.82) is 0 Å². The first-order valence-electron chi connectivity index (χ1n) is 7.09. The van der Waals surface area contributed by atoms with Gasteiger partial charge in [0.1, 0.15) is 0 Å². The topological polar surface area (TPSA) is 30.5 Å². The van der Waals surface area contributed by atoms with E-state index in [9.17, 15) is 0 Å². The fourth-order valence-electron chi connectivity index (χ4n) is 2.18. The van der Waals surface area contributed by atoms with E-state index in [2.05, 4.69) is 38.2 Å². The highest BCUT2D eigenvalue weighted by atomic mass is 16.5. The van der Waals surface area contributed by atoms with Crippen LogP contribution in [0.15, 0.2) is 18.2 Å². The fraction of sp³-hybridized carbons (Fsp3) is 0.625. The molecule has 1 unspecified atom stereocenters. The van der Waals surface area contributed by atoms with Gasteiger partial charge in [0.05, 0.1) is 13.7 Å². The summed E-state index contributed by atoms with van der Waals surface area (Å²) in [4.78, 5) is 0. The van der Waals surface area contributed by atoms with Gasteiger partial charge in [-0.2, -0.15) is 0 Å². The number of rotatable bonds is 8. The summed E-state index contributed by atoms with van der Waals surface area (Å²) in [7, 11) is 1.67. The van der Waals surface area contributed by atoms with E-state index in [4.69, 9.17) is 9.47 Å². The van der Waals surface area contributed by atoms with Crippen molar-refractivity contribution in [2.75, 3.05) is 13.7 Å². The minimum atomic E-state index is 0.526. The Hall–Kier alpha value is -1.22. The van der Waals surface area contributed by atoms with Crippen LogP contribution in [0.2, 0.25) is 0 Å². The zero-order valence-electron chi connectivity index (χ0n) is 12.8. The van der Waals surface area contributed by atoms with Crippen LogP contribution in [0.5, 0.6) is 11.5 Å². The lowest BCUT2D eigenvalue weighted by molar-refractivity contribution is 0.310. The standard InChI is InChI=1S/C16H27NO2/c1-6-19-16-10-14(7-8-15(16)18-5)11-17-13(4)9-12(2)3/h7-8,10,12-13,17H,6,9,11H2,1-5H3. The maximum Gasteiger partial charge on any atom is 0.161 e. The molecule has 0 aliphatic heterocycles. The van der Waals surface area contributed by atoms with E-state index >= 15 is 0 Å². The normalized spacial score (nSPS) is 12.5. The van der Waals surface area contributed by atoms with Crippen LogP contribution in [0.3, 0.4) is 0 Å². The van der Waals surface area contributed by atoms with E-state index in [-0.39, 0.29) is 0 Å². The second-order valence-corrected chi connectivity index (χ2v) is 5.33. The van der Waals surface area contributed by atoms with Crippen LogP contribution in [0.1, 0.15) is 39.7 Å². The highest BCUT2D eigenvalue weighted by molar-refractivity contribution is 5.42. The molecule has 0 aliphatic rings. The molecule has 0 bridgehead atoms. The maximum absolute atomic E-state index is 5.59. The molecule has 1 aromatic rings. The highest BCUT2D eigenvalue weighted by Crippen LogP contribution is 2.28. The molecule has 0 aromatic heterocycles. The number of hydrogen-bond acceptors (Lipinski definition) is 3. The Bertz CT molecular complexity index is 377. The molecule has 0 heterocycles. The molecule has 0 radical (unpaired) electrons. The summed E-state index contributed by atoms with van der Waals surface area (Å²) < 4.78 is 10.9. The van der Waals surface area contributed by atoms with Crippen molar-refractivity contribution < 1.29 is 9.47 Å². The quantitative estimate of drug-likeness (QED) is 0.778. The van der Waals surface area contributed by atoms with Crippen molar-refractivity contribution in [2.45, 2.75) is 46.7 Å². The lowest BCUT2D eigenvalue weighted by atomic mass is 10.0. The van der Waals surface area contributed by atoms with Crippen LogP contribution in [-0.2, 0) is 6.54 Å². The number of methoxy groups -OCH3 is 1. The molecule has 0 spiro atoms. The molecule has 0 saturated carbocycles. The van der Waals surface area contributed by atoms with E-state index in [1.165, 1.54) is 12.0 Å². The van der Waals surface area contributed by atoms with Gasteiger partial charge in [-0.25, -0.2) is 0 Å². The highest BCUT2D eigenvalue weighted by Gasteiger charge is 2.07. The van der Waals surface area contributed by atoms with Crippen molar-refractivity contribution in [3.05, 3.63) is 23.8 Å². The SMILES string of the molecule is CCOc1cc(CNC(C)CC(C)C)ccc1OC. The third-order valence-corrected chi connectivity index (χ3v) is 3.01. The Morgan fingerprint density at radius 2 is 1.89 bits per heavy atom. The number of ether oxygens (including phenoxy) is 2. The van der Waals surface area contributed by atoms with Crippen molar-refractivity contribution in [1.82, 2.24) is 5.32 Å². The Kier molecular flexibility index (Phi) is 6.71. The second kappa shape index (κ2) is 8.05. The minimum Gasteiger partial charge on any atom is -0.493 e. The molecule has 1 N–H and O–H groups in total. The van der Waals surface area contributed by atoms with E-state index in [0.717, 1.165) is 24.0 Å². The van der Waals surface area contributed by atoms with Gasteiger partial charge in [0.25, 0.3) is 0 Å². The average Bonchev–Trinajstić information content (AvgIpc) is 2.36. The van der Waals surface area contributed by atoms with Crippen molar-refractivity contribution in [2.24, 2.45) is 5.92 Å². The average molecular weight is 265 g/mol. The fourth-order valence-corrected chi connectivity index (χ4v) is 2.18. The van der Waals surface area contributed by atoms with E-state index in [0.29, 0.717) is 12.6 Å². The van der Waals surface area contributed by atoms with Gasteiger partial charge in [-0.15, -0.1) is 0 Å². The minimum absolute atomic E-state index is 0.526. The molecule has 3 heteroatoms. The summed E-state index contributed by atoms with van der Waals surface area (Å²) in [6.07, 6.45) is 1.19. The van der Waals surface area contributed by atoms with Crippen LogP contribution in [-0.4, -0.2) is 19.8 Å². The second-order valence-electron chi connectivity index (χ2n) is 5.33. The van der Waals surface area contributed by atoms with E-state index in [1.807, 2.05) is 13.0 Å². The summed E-state index contributed by atoms with van der Waals surface area (Å²) in [6, 6.07) is 6.63. The van der Waals surface area contributed by atoms with Crippen molar-refractivity contribution in [3.8, 4) is 11.5 Å². The molecule has 19 heavy (non-hydrogen) atoms. The van der Waals surface area contributed by atoms with Gasteiger partial charge in [-0.1, -0.05) is 19.9 Å². The maximum atomic E-state index is 5.59. The molecular weight excluding hydrogens is 238 g/mol. The predicted molar refractivity (Wildman–Crippen MR) is 79.9 cm³/mol. The smallest absolute Gasteiger partial charge is 0.161 e. The molecule has 0 amide bonds. The monoisotopic (exact) mass is 265 g/mol. The molecule has 0 fully saturated rings. The Labute approximate surface area is 117 Å². The summed E-state index contributed by atoms with van der Waals surface area (Å²) in [5.41, 5.74) is 1.22. The van der Waals surface area contributed by atoms with E-state index < -0.39 is 0 Å². The Balaban J connectivity index is 2.61. The molecule has 1 rings (SSSR count). The first kappa shape index (κ1) is 15.8. The number of hydrogen-bond donors (Lipinski definition) is 1. The molecule has 108 valence electrons. The van der Waals surface area contributed by atoms with Gasteiger partial charge in [0, 0.05) is 12.6 Å². The molecule has 0 saturated heterocycles. The van der Waals surface area contributed by atoms with Gasteiger partial charge >= 0.3 is 0 Å². The third-order valence-electron chi connectivity index (χ3n) is 3.01. The Morgan fingerprint density at radius 3 is 2.47 bits per heavy atom. The summed E-state index contributed by atoms with van der Waals surface area (Å²) in [6.45, 7) is 10.2.